The number of anilines is 1. The summed E-state index contributed by atoms with van der Waals surface area (Å²) in [6.45, 7) is 2.83. The highest BCUT2D eigenvalue weighted by Crippen LogP contribution is 2.25. The zero-order valence-corrected chi connectivity index (χ0v) is 17.5. The molecule has 160 valence electrons. The Morgan fingerprint density at radius 2 is 1.77 bits per heavy atom. The summed E-state index contributed by atoms with van der Waals surface area (Å²) in [5.74, 6) is -1.23. The molecule has 31 heavy (non-hydrogen) atoms. The van der Waals surface area contributed by atoms with E-state index in [0.717, 1.165) is 29.0 Å². The fourth-order valence-corrected chi connectivity index (χ4v) is 4.16. The second kappa shape index (κ2) is 8.71. The van der Waals surface area contributed by atoms with E-state index < -0.39 is 0 Å². The molecule has 0 aromatic heterocycles. The normalized spacial score (nSPS) is 18.2. The number of nitrogens with one attached hydrogen (secondary N) is 1. The van der Waals surface area contributed by atoms with Crippen molar-refractivity contribution in [2.75, 3.05) is 25.0 Å². The van der Waals surface area contributed by atoms with E-state index in [1.165, 1.54) is 0 Å². The number of amides is 4. The van der Waals surface area contributed by atoms with Gasteiger partial charge in [-0.3, -0.25) is 24.1 Å². The average molecular weight is 419 g/mol. The molecule has 0 radical (unpaired) electrons. The number of para-hydroxylation sites is 1. The Kier molecular flexibility index (Phi) is 5.84. The van der Waals surface area contributed by atoms with Gasteiger partial charge in [0.2, 0.25) is 11.8 Å². The number of imide groups is 1. The Morgan fingerprint density at radius 1 is 1.03 bits per heavy atom. The number of piperidine rings is 1. The van der Waals surface area contributed by atoms with Crippen molar-refractivity contribution < 1.29 is 19.2 Å². The Morgan fingerprint density at radius 3 is 2.55 bits per heavy atom. The molecular formula is C24H25N3O4. The number of fused-ring (bicyclic) bond motifs is 1. The number of likely N-dealkylation sites (tertiary alicyclic amines) is 1. The number of hydrogen-bond donors (Lipinski definition) is 1. The van der Waals surface area contributed by atoms with E-state index in [0.29, 0.717) is 24.2 Å². The number of carbonyl (C=O) groups is 4. The second-order valence-corrected chi connectivity index (χ2v) is 8.10. The lowest BCUT2D eigenvalue weighted by atomic mass is 9.96. The van der Waals surface area contributed by atoms with Crippen LogP contribution in [0.2, 0.25) is 0 Å². The number of nitrogens with zero attached hydrogens (tertiary/aromatic N) is 2. The van der Waals surface area contributed by atoms with Crippen molar-refractivity contribution in [2.45, 2.75) is 26.2 Å². The zero-order valence-electron chi connectivity index (χ0n) is 17.5. The molecule has 0 aliphatic carbocycles. The molecule has 2 aromatic carbocycles. The van der Waals surface area contributed by atoms with E-state index in [2.05, 4.69) is 5.32 Å². The molecule has 1 atom stereocenters. The summed E-state index contributed by atoms with van der Waals surface area (Å²) in [7, 11) is 0. The highest BCUT2D eigenvalue weighted by Gasteiger charge is 2.36. The number of hydrogen-bond acceptors (Lipinski definition) is 4. The molecule has 4 amide bonds. The van der Waals surface area contributed by atoms with Crippen LogP contribution in [0.1, 0.15) is 45.5 Å². The summed E-state index contributed by atoms with van der Waals surface area (Å²) in [5, 5.41) is 2.90. The van der Waals surface area contributed by atoms with Gasteiger partial charge in [0, 0.05) is 31.7 Å². The molecule has 2 heterocycles. The molecule has 0 saturated carbocycles. The Labute approximate surface area is 181 Å². The number of aryl methyl sites for hydroxylation is 1. The Hall–Kier alpha value is -3.48. The molecule has 2 aliphatic heterocycles. The Bertz CT molecular complexity index is 1030. The van der Waals surface area contributed by atoms with Crippen molar-refractivity contribution >= 4 is 29.3 Å². The first-order chi connectivity index (χ1) is 14.9. The molecule has 1 saturated heterocycles. The van der Waals surface area contributed by atoms with E-state index >= 15 is 0 Å². The van der Waals surface area contributed by atoms with Crippen molar-refractivity contribution in [1.82, 2.24) is 9.80 Å². The first kappa shape index (κ1) is 20.8. The molecule has 0 bridgehead atoms. The van der Waals surface area contributed by atoms with Crippen molar-refractivity contribution in [3.63, 3.8) is 0 Å². The molecule has 2 aliphatic rings. The lowest BCUT2D eigenvalue weighted by Gasteiger charge is -2.32. The van der Waals surface area contributed by atoms with Crippen molar-refractivity contribution in [3.05, 3.63) is 65.2 Å². The minimum atomic E-state index is -0.355. The monoisotopic (exact) mass is 419 g/mol. The lowest BCUT2D eigenvalue weighted by molar-refractivity contribution is -0.134. The quantitative estimate of drug-likeness (QED) is 0.755. The lowest BCUT2D eigenvalue weighted by Crippen LogP contribution is -2.45. The SMILES string of the molecule is Cc1ccc2c(c1)C(=O)N(CCC(=O)N1CCCC(C(=O)Nc3ccccc3)C1)C2=O. The van der Waals surface area contributed by atoms with Crippen molar-refractivity contribution in [3.8, 4) is 0 Å². The first-order valence-electron chi connectivity index (χ1n) is 10.5. The smallest absolute Gasteiger partial charge is 0.261 e. The molecule has 0 spiro atoms. The number of carbonyl (C=O) groups excluding carboxylic acids is 4. The summed E-state index contributed by atoms with van der Waals surface area (Å²) >= 11 is 0. The molecule has 7 heteroatoms. The van der Waals surface area contributed by atoms with Crippen molar-refractivity contribution in [2.24, 2.45) is 5.92 Å². The topological polar surface area (TPSA) is 86.8 Å². The zero-order chi connectivity index (χ0) is 22.0. The van der Waals surface area contributed by atoms with Crippen LogP contribution in [0.25, 0.3) is 0 Å². The van der Waals surface area contributed by atoms with Gasteiger partial charge in [-0.25, -0.2) is 0 Å². The van der Waals surface area contributed by atoms with Gasteiger partial charge in [-0.15, -0.1) is 0 Å². The molecule has 2 aromatic rings. The van der Waals surface area contributed by atoms with Crippen LogP contribution in [0, 0.1) is 12.8 Å². The van der Waals surface area contributed by atoms with Crippen LogP contribution < -0.4 is 5.32 Å². The van der Waals surface area contributed by atoms with Gasteiger partial charge in [-0.1, -0.05) is 29.8 Å². The van der Waals surface area contributed by atoms with E-state index in [1.807, 2.05) is 37.3 Å². The molecule has 1 fully saturated rings. The minimum absolute atomic E-state index is 0.0433. The van der Waals surface area contributed by atoms with Crippen LogP contribution >= 0.6 is 0 Å². The van der Waals surface area contributed by atoms with Gasteiger partial charge < -0.3 is 10.2 Å². The van der Waals surface area contributed by atoms with Crippen LogP contribution in [0.5, 0.6) is 0 Å². The van der Waals surface area contributed by atoms with Gasteiger partial charge in [-0.2, -0.15) is 0 Å². The predicted octanol–water partition coefficient (Wildman–Crippen LogP) is 2.86. The van der Waals surface area contributed by atoms with E-state index in [9.17, 15) is 19.2 Å². The van der Waals surface area contributed by atoms with Crippen LogP contribution in [0.3, 0.4) is 0 Å². The van der Waals surface area contributed by atoms with Gasteiger partial charge in [-0.05, 0) is 44.0 Å². The maximum Gasteiger partial charge on any atom is 0.261 e. The standard InChI is InChI=1S/C24H25N3O4/c1-16-9-10-19-20(14-16)24(31)27(23(19)30)13-11-21(28)26-12-5-6-17(15-26)22(29)25-18-7-3-2-4-8-18/h2-4,7-10,14,17H,5-6,11-13,15H2,1H3,(H,25,29). The molecule has 1 N–H and O–H groups in total. The van der Waals surface area contributed by atoms with Gasteiger partial charge in [0.1, 0.15) is 0 Å². The van der Waals surface area contributed by atoms with E-state index in [-0.39, 0.29) is 42.5 Å². The average Bonchev–Trinajstić information content (AvgIpc) is 3.02. The van der Waals surface area contributed by atoms with Crippen molar-refractivity contribution in [1.29, 1.82) is 0 Å². The van der Waals surface area contributed by atoms with Gasteiger partial charge in [0.25, 0.3) is 11.8 Å². The van der Waals surface area contributed by atoms with E-state index in [4.69, 9.17) is 0 Å². The second-order valence-electron chi connectivity index (χ2n) is 8.10. The highest BCUT2D eigenvalue weighted by molar-refractivity contribution is 6.21. The van der Waals surface area contributed by atoms with Gasteiger partial charge in [0.15, 0.2) is 0 Å². The fourth-order valence-electron chi connectivity index (χ4n) is 4.16. The third-order valence-electron chi connectivity index (χ3n) is 5.86. The maximum absolute atomic E-state index is 12.8. The van der Waals surface area contributed by atoms with Crippen LogP contribution in [0.4, 0.5) is 5.69 Å². The third-order valence-corrected chi connectivity index (χ3v) is 5.86. The fraction of sp³-hybridized carbons (Fsp3) is 0.333. The van der Waals surface area contributed by atoms with Gasteiger partial charge >= 0.3 is 0 Å². The van der Waals surface area contributed by atoms with Gasteiger partial charge in [0.05, 0.1) is 17.0 Å². The number of benzene rings is 2. The summed E-state index contributed by atoms with van der Waals surface area (Å²) in [6.07, 6.45) is 1.52. The number of rotatable bonds is 5. The summed E-state index contributed by atoms with van der Waals surface area (Å²) in [4.78, 5) is 53.3. The summed E-state index contributed by atoms with van der Waals surface area (Å²) in [5.41, 5.74) is 2.43. The Balaban J connectivity index is 1.33. The molecule has 1 unspecified atom stereocenters. The van der Waals surface area contributed by atoms with Crippen LogP contribution in [0.15, 0.2) is 48.5 Å². The maximum atomic E-state index is 12.8. The van der Waals surface area contributed by atoms with Crippen LogP contribution in [-0.4, -0.2) is 53.1 Å². The van der Waals surface area contributed by atoms with E-state index in [1.54, 1.807) is 23.1 Å². The molecule has 4 rings (SSSR count). The minimum Gasteiger partial charge on any atom is -0.342 e. The summed E-state index contributed by atoms with van der Waals surface area (Å²) in [6, 6.07) is 14.4. The first-order valence-corrected chi connectivity index (χ1v) is 10.5. The molecule has 7 nitrogen and oxygen atoms in total. The van der Waals surface area contributed by atoms with Crippen LogP contribution in [-0.2, 0) is 9.59 Å². The highest BCUT2D eigenvalue weighted by atomic mass is 16.2. The molecular weight excluding hydrogens is 394 g/mol. The largest absolute Gasteiger partial charge is 0.342 e. The third kappa shape index (κ3) is 4.35. The predicted molar refractivity (Wildman–Crippen MR) is 116 cm³/mol. The summed E-state index contributed by atoms with van der Waals surface area (Å²) < 4.78 is 0.